The van der Waals surface area contributed by atoms with Crippen LogP contribution in [-0.2, 0) is 10.0 Å². The molecule has 0 unspecified atom stereocenters. The van der Waals surface area contributed by atoms with Gasteiger partial charge in [-0.2, -0.15) is 0 Å². The number of sulfonamides is 1. The summed E-state index contributed by atoms with van der Waals surface area (Å²) in [5.41, 5.74) is 0.383. The largest absolute Gasteiger partial charge is 0.278 e. The fraction of sp³-hybridized carbons (Fsp3) is 0. The first-order valence-corrected chi connectivity index (χ1v) is 7.53. The van der Waals surface area contributed by atoms with Crippen LogP contribution in [0.4, 0.5) is 5.69 Å². The normalized spacial score (nSPS) is 11.2. The molecule has 0 saturated carbocycles. The molecule has 0 saturated heterocycles. The van der Waals surface area contributed by atoms with E-state index in [2.05, 4.69) is 25.6 Å². The topological polar surface area (TPSA) is 59.1 Å². The van der Waals surface area contributed by atoms with Crippen LogP contribution in [0.5, 0.6) is 0 Å². The molecule has 1 heterocycles. The van der Waals surface area contributed by atoms with E-state index in [4.69, 9.17) is 11.6 Å². The van der Waals surface area contributed by atoms with Crippen molar-refractivity contribution in [1.29, 1.82) is 0 Å². The molecule has 94 valence electrons. The summed E-state index contributed by atoms with van der Waals surface area (Å²) in [6, 6.07) is 7.96. The summed E-state index contributed by atoms with van der Waals surface area (Å²) < 4.78 is 27.2. The minimum absolute atomic E-state index is 0.0161. The molecule has 2 rings (SSSR count). The lowest BCUT2D eigenvalue weighted by molar-refractivity contribution is 0.601. The van der Waals surface area contributed by atoms with Crippen LogP contribution in [-0.4, -0.2) is 13.4 Å². The second kappa shape index (κ2) is 5.26. The van der Waals surface area contributed by atoms with E-state index in [-0.39, 0.29) is 9.92 Å². The van der Waals surface area contributed by atoms with Gasteiger partial charge in [0.2, 0.25) is 0 Å². The minimum atomic E-state index is -3.72. The average Bonchev–Trinajstić information content (AvgIpc) is 2.33. The molecule has 0 radical (unpaired) electrons. The Bertz CT molecular complexity index is 662. The van der Waals surface area contributed by atoms with Gasteiger partial charge in [-0.25, -0.2) is 8.42 Å². The maximum atomic E-state index is 12.1. The Kier molecular flexibility index (Phi) is 3.89. The van der Waals surface area contributed by atoms with Gasteiger partial charge >= 0.3 is 0 Å². The fourth-order valence-electron chi connectivity index (χ4n) is 1.32. The molecule has 2 aromatic rings. The van der Waals surface area contributed by atoms with Gasteiger partial charge in [0.15, 0.2) is 0 Å². The predicted molar refractivity (Wildman–Crippen MR) is 74.2 cm³/mol. The molecule has 0 spiro atoms. The smallest absolute Gasteiger partial charge is 0.263 e. The Hall–Kier alpha value is -1.11. The van der Waals surface area contributed by atoms with Crippen molar-refractivity contribution in [3.05, 3.63) is 52.2 Å². The number of aromatic nitrogens is 1. The van der Waals surface area contributed by atoms with Crippen LogP contribution in [0, 0.1) is 0 Å². The van der Waals surface area contributed by atoms with E-state index in [0.29, 0.717) is 10.2 Å². The number of rotatable bonds is 3. The Morgan fingerprint density at radius 2 is 2.00 bits per heavy atom. The van der Waals surface area contributed by atoms with Crippen LogP contribution in [0.1, 0.15) is 0 Å². The first-order chi connectivity index (χ1) is 8.50. The van der Waals surface area contributed by atoms with E-state index in [0.717, 1.165) is 0 Å². The molecular weight excluding hydrogens is 340 g/mol. The molecule has 0 aliphatic rings. The molecule has 1 N–H and O–H groups in total. The lowest BCUT2D eigenvalue weighted by Gasteiger charge is -2.09. The van der Waals surface area contributed by atoms with Crippen molar-refractivity contribution in [1.82, 2.24) is 4.98 Å². The molecule has 0 atom stereocenters. The molecule has 0 bridgehead atoms. The van der Waals surface area contributed by atoms with Crippen molar-refractivity contribution >= 4 is 43.2 Å². The summed E-state index contributed by atoms with van der Waals surface area (Å²) in [5.74, 6) is 0. The molecule has 7 heteroatoms. The van der Waals surface area contributed by atoms with E-state index in [9.17, 15) is 8.42 Å². The average molecular weight is 348 g/mol. The van der Waals surface area contributed by atoms with Gasteiger partial charge < -0.3 is 0 Å². The molecule has 0 aliphatic heterocycles. The summed E-state index contributed by atoms with van der Waals surface area (Å²) in [4.78, 5) is 3.85. The van der Waals surface area contributed by atoms with Crippen LogP contribution in [0.25, 0.3) is 0 Å². The SMILES string of the molecule is O=S(=O)(Nc1cccnc1)c1cccc(Br)c1Cl. The van der Waals surface area contributed by atoms with Gasteiger partial charge in [0.25, 0.3) is 10.0 Å². The second-order valence-electron chi connectivity index (χ2n) is 3.40. The zero-order chi connectivity index (χ0) is 13.2. The molecular formula is C11H8BrClN2O2S. The van der Waals surface area contributed by atoms with E-state index < -0.39 is 10.0 Å². The lowest BCUT2D eigenvalue weighted by Crippen LogP contribution is -2.13. The summed E-state index contributed by atoms with van der Waals surface area (Å²) in [6.07, 6.45) is 2.98. The number of pyridine rings is 1. The highest BCUT2D eigenvalue weighted by atomic mass is 79.9. The van der Waals surface area contributed by atoms with E-state index in [1.165, 1.54) is 12.3 Å². The summed E-state index contributed by atoms with van der Waals surface area (Å²) in [6.45, 7) is 0. The third-order valence-electron chi connectivity index (χ3n) is 2.12. The van der Waals surface area contributed by atoms with E-state index >= 15 is 0 Å². The van der Waals surface area contributed by atoms with E-state index in [1.54, 1.807) is 30.5 Å². The maximum Gasteiger partial charge on any atom is 0.263 e. The maximum absolute atomic E-state index is 12.1. The summed E-state index contributed by atoms with van der Waals surface area (Å²) >= 11 is 9.15. The second-order valence-corrected chi connectivity index (χ2v) is 6.28. The number of hydrogen-bond acceptors (Lipinski definition) is 3. The van der Waals surface area contributed by atoms with Gasteiger partial charge in [0.1, 0.15) is 4.90 Å². The van der Waals surface area contributed by atoms with Gasteiger partial charge in [-0.3, -0.25) is 9.71 Å². The molecule has 18 heavy (non-hydrogen) atoms. The predicted octanol–water partition coefficient (Wildman–Crippen LogP) is 3.30. The van der Waals surface area contributed by atoms with Crippen LogP contribution < -0.4 is 4.72 Å². The summed E-state index contributed by atoms with van der Waals surface area (Å²) in [7, 11) is -3.72. The lowest BCUT2D eigenvalue weighted by atomic mass is 10.4. The molecule has 0 fully saturated rings. The highest BCUT2D eigenvalue weighted by Crippen LogP contribution is 2.30. The molecule has 0 aliphatic carbocycles. The van der Waals surface area contributed by atoms with Crippen molar-refractivity contribution < 1.29 is 8.42 Å². The van der Waals surface area contributed by atoms with Crippen molar-refractivity contribution in [2.45, 2.75) is 4.90 Å². The van der Waals surface area contributed by atoms with Crippen LogP contribution in [0.2, 0.25) is 5.02 Å². The van der Waals surface area contributed by atoms with Crippen molar-refractivity contribution in [3.63, 3.8) is 0 Å². The van der Waals surface area contributed by atoms with Gasteiger partial charge in [0, 0.05) is 10.7 Å². The van der Waals surface area contributed by atoms with Crippen LogP contribution >= 0.6 is 27.5 Å². The van der Waals surface area contributed by atoms with Gasteiger partial charge in [0.05, 0.1) is 16.9 Å². The van der Waals surface area contributed by atoms with Gasteiger partial charge in [-0.15, -0.1) is 0 Å². The number of nitrogens with one attached hydrogen (secondary N) is 1. The van der Waals surface area contributed by atoms with Crippen molar-refractivity contribution in [2.24, 2.45) is 0 Å². The number of hydrogen-bond donors (Lipinski definition) is 1. The molecule has 4 nitrogen and oxygen atoms in total. The van der Waals surface area contributed by atoms with Crippen LogP contribution in [0.3, 0.4) is 0 Å². The fourth-order valence-corrected chi connectivity index (χ4v) is 3.40. The third-order valence-corrected chi connectivity index (χ3v) is 4.95. The Labute approximate surface area is 118 Å². The number of halogens is 2. The molecule has 1 aromatic carbocycles. The quantitative estimate of drug-likeness (QED) is 0.927. The molecule has 1 aromatic heterocycles. The standard InChI is InChI=1S/C11H8BrClN2O2S/c12-9-4-1-5-10(11(9)13)18(16,17)15-8-3-2-6-14-7-8/h1-7,15H. The number of anilines is 1. The van der Waals surface area contributed by atoms with Crippen LogP contribution in [0.15, 0.2) is 52.1 Å². The monoisotopic (exact) mass is 346 g/mol. The van der Waals surface area contributed by atoms with Gasteiger partial charge in [-0.05, 0) is 40.2 Å². The third kappa shape index (κ3) is 2.82. The first kappa shape index (κ1) is 13.3. The Morgan fingerprint density at radius 1 is 1.22 bits per heavy atom. The molecule has 0 amide bonds. The zero-order valence-corrected chi connectivity index (χ0v) is 12.1. The first-order valence-electron chi connectivity index (χ1n) is 4.87. The minimum Gasteiger partial charge on any atom is -0.278 e. The highest BCUT2D eigenvalue weighted by molar-refractivity contribution is 9.10. The van der Waals surface area contributed by atoms with Crippen molar-refractivity contribution in [2.75, 3.05) is 4.72 Å². The number of nitrogens with zero attached hydrogens (tertiary/aromatic N) is 1. The number of benzene rings is 1. The highest BCUT2D eigenvalue weighted by Gasteiger charge is 2.19. The zero-order valence-electron chi connectivity index (χ0n) is 8.97. The Morgan fingerprint density at radius 3 is 2.67 bits per heavy atom. The summed E-state index contributed by atoms with van der Waals surface area (Å²) in [5, 5.41) is 0.147. The van der Waals surface area contributed by atoms with Crippen molar-refractivity contribution in [3.8, 4) is 0 Å². The van der Waals surface area contributed by atoms with Gasteiger partial charge in [-0.1, -0.05) is 17.7 Å². The van der Waals surface area contributed by atoms with E-state index in [1.807, 2.05) is 0 Å². The Balaban J connectivity index is 2.41.